The van der Waals surface area contributed by atoms with Crippen molar-refractivity contribution in [1.82, 2.24) is 14.8 Å². The van der Waals surface area contributed by atoms with Gasteiger partial charge in [0, 0.05) is 15.4 Å². The van der Waals surface area contributed by atoms with Gasteiger partial charge in [0.15, 0.2) is 5.82 Å². The topological polar surface area (TPSA) is 39.9 Å². The molecule has 78 valence electrons. The first-order chi connectivity index (χ1) is 7.27. The van der Waals surface area contributed by atoms with Gasteiger partial charge in [0.05, 0.1) is 6.61 Å². The van der Waals surface area contributed by atoms with Crippen molar-refractivity contribution in [2.75, 3.05) is 0 Å². The number of rotatable bonds is 0. The van der Waals surface area contributed by atoms with Crippen molar-refractivity contribution < 1.29 is 4.74 Å². The summed E-state index contributed by atoms with van der Waals surface area (Å²) >= 11 is 5.21. The number of halogens is 1. The monoisotopic (exact) mass is 285 g/mol. The van der Waals surface area contributed by atoms with E-state index in [1.165, 1.54) is 5.56 Å². The lowest BCUT2D eigenvalue weighted by Gasteiger charge is -2.02. The third-order valence-corrected chi connectivity index (χ3v) is 4.41. The first-order valence-electron chi connectivity index (χ1n) is 4.52. The van der Waals surface area contributed by atoms with Gasteiger partial charge in [-0.05, 0) is 22.9 Å². The fraction of sp³-hybridized carbons (Fsp3) is 0.333. The van der Waals surface area contributed by atoms with Crippen molar-refractivity contribution in [3.8, 4) is 5.00 Å². The van der Waals surface area contributed by atoms with Crippen molar-refractivity contribution in [2.24, 2.45) is 0 Å². The Morgan fingerprint density at radius 3 is 3.20 bits per heavy atom. The summed E-state index contributed by atoms with van der Waals surface area (Å²) in [6.45, 7) is 3.11. The molecule has 0 radical (unpaired) electrons. The van der Waals surface area contributed by atoms with Crippen LogP contribution in [0, 0.1) is 6.92 Å². The number of nitrogens with zero attached hydrogens (tertiary/aromatic N) is 3. The highest BCUT2D eigenvalue weighted by Crippen LogP contribution is 2.34. The van der Waals surface area contributed by atoms with E-state index in [1.54, 1.807) is 11.3 Å². The molecule has 0 aromatic carbocycles. The summed E-state index contributed by atoms with van der Waals surface area (Å²) in [7, 11) is 0. The summed E-state index contributed by atoms with van der Waals surface area (Å²) in [6, 6.07) is 0. The maximum absolute atomic E-state index is 5.55. The van der Waals surface area contributed by atoms with Crippen LogP contribution in [0.1, 0.15) is 17.2 Å². The minimum absolute atomic E-state index is 0.522. The molecule has 0 saturated heterocycles. The van der Waals surface area contributed by atoms with Gasteiger partial charge >= 0.3 is 0 Å². The normalized spacial score (nSPS) is 14.5. The smallest absolute Gasteiger partial charge is 0.164 e. The van der Waals surface area contributed by atoms with Gasteiger partial charge in [0.1, 0.15) is 17.4 Å². The van der Waals surface area contributed by atoms with Crippen LogP contribution >= 0.6 is 27.3 Å². The van der Waals surface area contributed by atoms with Gasteiger partial charge in [0.25, 0.3) is 0 Å². The number of fused-ring (bicyclic) bond motifs is 3. The van der Waals surface area contributed by atoms with E-state index in [1.807, 2.05) is 6.92 Å². The highest BCUT2D eigenvalue weighted by atomic mass is 79.9. The fourth-order valence-corrected chi connectivity index (χ4v) is 3.40. The predicted octanol–water partition coefficient (Wildman–Crippen LogP) is 2.43. The summed E-state index contributed by atoms with van der Waals surface area (Å²) in [5.41, 5.74) is 1.18. The van der Waals surface area contributed by atoms with Gasteiger partial charge in [-0.3, -0.25) is 4.57 Å². The Balaban J connectivity index is 2.30. The lowest BCUT2D eigenvalue weighted by Crippen LogP contribution is -2.00. The first kappa shape index (κ1) is 9.50. The summed E-state index contributed by atoms with van der Waals surface area (Å²) in [5.74, 6) is 1.78. The summed E-state index contributed by atoms with van der Waals surface area (Å²) in [4.78, 5) is 0. The van der Waals surface area contributed by atoms with E-state index in [2.05, 4.69) is 36.1 Å². The summed E-state index contributed by atoms with van der Waals surface area (Å²) < 4.78 is 8.72. The molecule has 0 unspecified atom stereocenters. The molecule has 0 N–H and O–H groups in total. The molecule has 0 bridgehead atoms. The molecule has 2 aromatic rings. The molecule has 3 heterocycles. The molecule has 6 heteroatoms. The predicted molar refractivity (Wildman–Crippen MR) is 60.2 cm³/mol. The Hall–Kier alpha value is -0.720. The lowest BCUT2D eigenvalue weighted by molar-refractivity contribution is 0.105. The average molecular weight is 286 g/mol. The van der Waals surface area contributed by atoms with Crippen LogP contribution in [-0.2, 0) is 18.0 Å². The Labute approximate surface area is 99.0 Å². The molecule has 1 aliphatic heterocycles. The zero-order chi connectivity index (χ0) is 10.4. The van der Waals surface area contributed by atoms with Crippen LogP contribution in [0.25, 0.3) is 5.00 Å². The van der Waals surface area contributed by atoms with Crippen molar-refractivity contribution in [3.05, 3.63) is 27.1 Å². The highest BCUT2D eigenvalue weighted by molar-refractivity contribution is 9.10. The van der Waals surface area contributed by atoms with Crippen LogP contribution < -0.4 is 0 Å². The molecule has 2 aromatic heterocycles. The van der Waals surface area contributed by atoms with Gasteiger partial charge in [-0.2, -0.15) is 0 Å². The second-order valence-electron chi connectivity index (χ2n) is 3.36. The Kier molecular flexibility index (Phi) is 2.15. The second kappa shape index (κ2) is 3.40. The van der Waals surface area contributed by atoms with Crippen LogP contribution in [-0.4, -0.2) is 14.8 Å². The number of thiophene rings is 1. The minimum atomic E-state index is 0.522. The van der Waals surface area contributed by atoms with Crippen molar-refractivity contribution in [1.29, 1.82) is 0 Å². The van der Waals surface area contributed by atoms with Gasteiger partial charge in [-0.1, -0.05) is 0 Å². The zero-order valence-electron chi connectivity index (χ0n) is 8.03. The van der Waals surface area contributed by atoms with E-state index in [-0.39, 0.29) is 0 Å². The molecular weight excluding hydrogens is 278 g/mol. The molecule has 1 aliphatic rings. The molecule has 4 nitrogen and oxygen atoms in total. The van der Waals surface area contributed by atoms with Crippen LogP contribution in [0.15, 0.2) is 9.85 Å². The third kappa shape index (κ3) is 1.36. The van der Waals surface area contributed by atoms with E-state index in [9.17, 15) is 0 Å². The fourth-order valence-electron chi connectivity index (χ4n) is 1.68. The molecule has 3 rings (SSSR count). The standard InChI is InChI=1S/C9H8BrN3OS/c1-5-11-12-8-3-14-2-6-7(10)4-15-9(6)13(5)8/h4H,2-3H2,1H3. The average Bonchev–Trinajstić information content (AvgIpc) is 2.68. The largest absolute Gasteiger partial charge is 0.369 e. The third-order valence-electron chi connectivity index (χ3n) is 2.39. The molecule has 0 amide bonds. The van der Waals surface area contributed by atoms with Crippen LogP contribution in [0.5, 0.6) is 0 Å². The second-order valence-corrected chi connectivity index (χ2v) is 5.07. The van der Waals surface area contributed by atoms with Crippen LogP contribution in [0.3, 0.4) is 0 Å². The lowest BCUT2D eigenvalue weighted by atomic mass is 10.3. The number of aryl methyl sites for hydroxylation is 1. The van der Waals surface area contributed by atoms with Crippen LogP contribution in [0.2, 0.25) is 0 Å². The van der Waals surface area contributed by atoms with E-state index in [0.717, 1.165) is 21.1 Å². The first-order valence-corrected chi connectivity index (χ1v) is 6.19. The van der Waals surface area contributed by atoms with Gasteiger partial charge < -0.3 is 4.74 Å². The molecular formula is C9H8BrN3OS. The zero-order valence-corrected chi connectivity index (χ0v) is 10.4. The highest BCUT2D eigenvalue weighted by Gasteiger charge is 2.21. The number of hydrogen-bond donors (Lipinski definition) is 0. The number of aromatic nitrogens is 3. The minimum Gasteiger partial charge on any atom is -0.369 e. The van der Waals surface area contributed by atoms with Gasteiger partial charge in [-0.25, -0.2) is 0 Å². The molecule has 15 heavy (non-hydrogen) atoms. The molecule has 0 atom stereocenters. The number of hydrogen-bond acceptors (Lipinski definition) is 4. The Bertz CT molecular complexity index is 519. The van der Waals surface area contributed by atoms with Gasteiger partial charge in [-0.15, -0.1) is 21.5 Å². The molecule has 0 fully saturated rings. The maximum Gasteiger partial charge on any atom is 0.164 e. The van der Waals surface area contributed by atoms with Gasteiger partial charge in [0.2, 0.25) is 0 Å². The van der Waals surface area contributed by atoms with Crippen molar-refractivity contribution in [3.63, 3.8) is 0 Å². The summed E-state index contributed by atoms with van der Waals surface area (Å²) in [6.07, 6.45) is 0. The van der Waals surface area contributed by atoms with E-state index >= 15 is 0 Å². The SMILES string of the molecule is Cc1nnc2n1-c1scc(Br)c1COC2. The molecule has 0 spiro atoms. The summed E-state index contributed by atoms with van der Waals surface area (Å²) in [5, 5.41) is 11.4. The van der Waals surface area contributed by atoms with Crippen molar-refractivity contribution in [2.45, 2.75) is 20.1 Å². The Morgan fingerprint density at radius 1 is 1.47 bits per heavy atom. The molecule has 0 aliphatic carbocycles. The maximum atomic E-state index is 5.55. The van der Waals surface area contributed by atoms with Crippen molar-refractivity contribution >= 4 is 27.3 Å². The van der Waals surface area contributed by atoms with E-state index in [4.69, 9.17) is 4.74 Å². The quantitative estimate of drug-likeness (QED) is 0.746. The Morgan fingerprint density at radius 2 is 2.33 bits per heavy atom. The molecule has 0 saturated carbocycles. The number of ether oxygens (including phenoxy) is 1. The van der Waals surface area contributed by atoms with E-state index in [0.29, 0.717) is 13.2 Å². The van der Waals surface area contributed by atoms with E-state index < -0.39 is 0 Å². The van der Waals surface area contributed by atoms with Crippen LogP contribution in [0.4, 0.5) is 0 Å².